The Kier molecular flexibility index (Phi) is 13.0. The number of methoxy groups -OCH3 is 1. The number of guanidine groups is 1. The number of nitrogens with zero attached hydrogens (tertiary/aromatic N) is 2. The van der Waals surface area contributed by atoms with Crippen molar-refractivity contribution in [2.45, 2.75) is 19.3 Å². The molecule has 0 bridgehead atoms. The van der Waals surface area contributed by atoms with Crippen LogP contribution in [0, 0.1) is 0 Å². The zero-order chi connectivity index (χ0) is 15.3. The van der Waals surface area contributed by atoms with Crippen molar-refractivity contribution in [3.63, 3.8) is 0 Å². The molecule has 0 aromatic carbocycles. The molecule has 0 aliphatic rings. The molecule has 1 rings (SSSR count). The standard InChI is InChI=1S/C16H27N3O2.HI/c1-4-5-6-12-19(2)16(18-11-14-20-3)17-10-9-15-8-7-13-21-15;/h4,7-8,13H,1,5-6,9-12,14H2,2-3H3,(H,17,18);1H. The Hall–Kier alpha value is -1.02. The Labute approximate surface area is 150 Å². The van der Waals surface area contributed by atoms with Gasteiger partial charge in [-0.25, -0.2) is 0 Å². The molecule has 0 aliphatic carbocycles. The van der Waals surface area contributed by atoms with E-state index in [1.807, 2.05) is 18.2 Å². The van der Waals surface area contributed by atoms with Crippen molar-refractivity contribution in [3.05, 3.63) is 36.8 Å². The lowest BCUT2D eigenvalue weighted by Crippen LogP contribution is -2.40. The summed E-state index contributed by atoms with van der Waals surface area (Å²) in [5, 5.41) is 3.38. The average Bonchev–Trinajstić information content (AvgIpc) is 2.99. The fourth-order valence-corrected chi connectivity index (χ4v) is 1.89. The van der Waals surface area contributed by atoms with Gasteiger partial charge < -0.3 is 19.4 Å². The summed E-state index contributed by atoms with van der Waals surface area (Å²) in [4.78, 5) is 6.70. The summed E-state index contributed by atoms with van der Waals surface area (Å²) < 4.78 is 10.4. The van der Waals surface area contributed by atoms with Gasteiger partial charge in [0.15, 0.2) is 5.96 Å². The van der Waals surface area contributed by atoms with Gasteiger partial charge in [0.1, 0.15) is 5.76 Å². The summed E-state index contributed by atoms with van der Waals surface area (Å²) in [6.07, 6.45) is 6.58. The lowest BCUT2D eigenvalue weighted by atomic mass is 10.3. The molecule has 1 N–H and O–H groups in total. The van der Waals surface area contributed by atoms with E-state index in [1.165, 1.54) is 0 Å². The summed E-state index contributed by atoms with van der Waals surface area (Å²) in [6.45, 7) is 6.78. The Balaban J connectivity index is 0.00000441. The van der Waals surface area contributed by atoms with E-state index in [-0.39, 0.29) is 24.0 Å². The van der Waals surface area contributed by atoms with Gasteiger partial charge in [0, 0.05) is 33.7 Å². The largest absolute Gasteiger partial charge is 0.469 e. The van der Waals surface area contributed by atoms with Crippen LogP contribution < -0.4 is 5.32 Å². The highest BCUT2D eigenvalue weighted by molar-refractivity contribution is 14.0. The second kappa shape index (κ2) is 13.6. The van der Waals surface area contributed by atoms with Crippen molar-refractivity contribution in [2.75, 3.05) is 40.4 Å². The molecule has 126 valence electrons. The van der Waals surface area contributed by atoms with Gasteiger partial charge in [-0.05, 0) is 25.0 Å². The second-order valence-corrected chi connectivity index (χ2v) is 4.81. The smallest absolute Gasteiger partial charge is 0.193 e. The molecule has 1 aromatic rings. The first-order chi connectivity index (χ1) is 10.3. The fraction of sp³-hybridized carbons (Fsp3) is 0.562. The van der Waals surface area contributed by atoms with Crippen molar-refractivity contribution in [3.8, 4) is 0 Å². The van der Waals surface area contributed by atoms with E-state index in [4.69, 9.17) is 9.15 Å². The Morgan fingerprint density at radius 1 is 1.55 bits per heavy atom. The molecule has 0 unspecified atom stereocenters. The van der Waals surface area contributed by atoms with Crippen LogP contribution in [0.3, 0.4) is 0 Å². The number of furan rings is 1. The van der Waals surface area contributed by atoms with E-state index < -0.39 is 0 Å². The third-order valence-corrected chi connectivity index (χ3v) is 3.05. The van der Waals surface area contributed by atoms with Crippen LogP contribution in [0.1, 0.15) is 18.6 Å². The minimum absolute atomic E-state index is 0. The highest BCUT2D eigenvalue weighted by Gasteiger charge is 2.06. The number of allylic oxidation sites excluding steroid dienone is 1. The van der Waals surface area contributed by atoms with Gasteiger partial charge in [0.2, 0.25) is 0 Å². The normalized spacial score (nSPS) is 10.9. The van der Waals surface area contributed by atoms with Crippen LogP contribution in [0.25, 0.3) is 0 Å². The van der Waals surface area contributed by atoms with E-state index in [2.05, 4.69) is 28.8 Å². The molecule has 0 atom stereocenters. The van der Waals surface area contributed by atoms with Gasteiger partial charge in [-0.15, -0.1) is 30.6 Å². The molecule has 0 fully saturated rings. The van der Waals surface area contributed by atoms with E-state index >= 15 is 0 Å². The predicted octanol–water partition coefficient (Wildman–Crippen LogP) is 2.93. The van der Waals surface area contributed by atoms with Gasteiger partial charge in [-0.2, -0.15) is 0 Å². The zero-order valence-corrected chi connectivity index (χ0v) is 15.9. The number of ether oxygens (including phenoxy) is 1. The minimum Gasteiger partial charge on any atom is -0.469 e. The van der Waals surface area contributed by atoms with Crippen molar-refractivity contribution < 1.29 is 9.15 Å². The first-order valence-electron chi connectivity index (χ1n) is 7.39. The van der Waals surface area contributed by atoms with Crippen molar-refractivity contribution >= 4 is 29.9 Å². The molecule has 0 saturated heterocycles. The van der Waals surface area contributed by atoms with Crippen LogP contribution in [0.4, 0.5) is 0 Å². The van der Waals surface area contributed by atoms with Crippen LogP contribution in [-0.4, -0.2) is 51.3 Å². The average molecular weight is 421 g/mol. The maximum atomic E-state index is 5.33. The molecule has 0 spiro atoms. The number of rotatable bonds is 10. The van der Waals surface area contributed by atoms with Gasteiger partial charge in [-0.3, -0.25) is 4.99 Å². The Bertz CT molecular complexity index is 408. The SMILES string of the molecule is C=CCCCN(C)C(=NCCOC)NCCc1ccco1.I. The first kappa shape index (κ1) is 21.0. The molecule has 0 amide bonds. The molecule has 0 radical (unpaired) electrons. The monoisotopic (exact) mass is 421 g/mol. The molecule has 0 aliphatic heterocycles. The van der Waals surface area contributed by atoms with E-state index in [9.17, 15) is 0 Å². The quantitative estimate of drug-likeness (QED) is 0.208. The van der Waals surface area contributed by atoms with Crippen LogP contribution >= 0.6 is 24.0 Å². The predicted molar refractivity (Wildman–Crippen MR) is 102 cm³/mol. The fourth-order valence-electron chi connectivity index (χ4n) is 1.89. The highest BCUT2D eigenvalue weighted by atomic mass is 127. The van der Waals surface area contributed by atoms with Crippen LogP contribution in [0.15, 0.2) is 40.5 Å². The first-order valence-corrected chi connectivity index (χ1v) is 7.39. The maximum absolute atomic E-state index is 5.33. The summed E-state index contributed by atoms with van der Waals surface area (Å²) in [6, 6.07) is 3.89. The second-order valence-electron chi connectivity index (χ2n) is 4.81. The summed E-state index contributed by atoms with van der Waals surface area (Å²) in [5.41, 5.74) is 0. The van der Waals surface area contributed by atoms with Crippen molar-refractivity contribution in [2.24, 2.45) is 4.99 Å². The zero-order valence-electron chi connectivity index (χ0n) is 13.6. The number of halogens is 1. The topological polar surface area (TPSA) is 50.0 Å². The van der Waals surface area contributed by atoms with Gasteiger partial charge >= 0.3 is 0 Å². The molecule has 6 heteroatoms. The molecule has 22 heavy (non-hydrogen) atoms. The molecule has 1 heterocycles. The van der Waals surface area contributed by atoms with Gasteiger partial charge in [-0.1, -0.05) is 6.08 Å². The van der Waals surface area contributed by atoms with Crippen LogP contribution in [0.2, 0.25) is 0 Å². The van der Waals surface area contributed by atoms with Crippen molar-refractivity contribution in [1.82, 2.24) is 10.2 Å². The molecule has 0 saturated carbocycles. The van der Waals surface area contributed by atoms with Crippen LogP contribution in [0.5, 0.6) is 0 Å². The number of aliphatic imine (C=N–C) groups is 1. The third-order valence-electron chi connectivity index (χ3n) is 3.05. The van der Waals surface area contributed by atoms with Crippen molar-refractivity contribution in [1.29, 1.82) is 0 Å². The third kappa shape index (κ3) is 9.09. The molecular weight excluding hydrogens is 393 g/mol. The van der Waals surface area contributed by atoms with Crippen LogP contribution in [-0.2, 0) is 11.2 Å². The number of hydrogen-bond donors (Lipinski definition) is 1. The molecule has 1 aromatic heterocycles. The van der Waals surface area contributed by atoms with E-state index in [0.717, 1.165) is 44.1 Å². The maximum Gasteiger partial charge on any atom is 0.193 e. The highest BCUT2D eigenvalue weighted by Crippen LogP contribution is 2.00. The summed E-state index contributed by atoms with van der Waals surface area (Å²) >= 11 is 0. The minimum atomic E-state index is 0. The summed E-state index contributed by atoms with van der Waals surface area (Å²) in [5.74, 6) is 1.88. The van der Waals surface area contributed by atoms with E-state index in [1.54, 1.807) is 13.4 Å². The van der Waals surface area contributed by atoms with E-state index in [0.29, 0.717) is 13.2 Å². The Morgan fingerprint density at radius 2 is 2.36 bits per heavy atom. The lowest BCUT2D eigenvalue weighted by Gasteiger charge is -2.22. The lowest BCUT2D eigenvalue weighted by molar-refractivity contribution is 0.207. The number of unbranched alkanes of at least 4 members (excludes halogenated alkanes) is 1. The molecular formula is C16H28IN3O2. The number of hydrogen-bond acceptors (Lipinski definition) is 3. The van der Waals surface area contributed by atoms with Gasteiger partial charge in [0.05, 0.1) is 19.4 Å². The Morgan fingerprint density at radius 3 is 3.00 bits per heavy atom. The summed E-state index contributed by atoms with van der Waals surface area (Å²) in [7, 11) is 3.74. The van der Waals surface area contributed by atoms with Gasteiger partial charge in [0.25, 0.3) is 0 Å². The molecule has 5 nitrogen and oxygen atoms in total. The number of nitrogens with one attached hydrogen (secondary N) is 1.